The molecular weight excluding hydrogens is 376 g/mol. The maximum absolute atomic E-state index is 13.0. The van der Waals surface area contributed by atoms with Crippen LogP contribution in [0.15, 0.2) is 30.6 Å². The number of carbonyl (C=O) groups excluding carboxylic acids is 1. The number of nitrogens with one attached hydrogen (secondary N) is 1. The molecule has 0 unspecified atom stereocenters. The van der Waals surface area contributed by atoms with Crippen LogP contribution >= 0.6 is 0 Å². The Labute approximate surface area is 178 Å². The minimum Gasteiger partial charge on any atom is -0.497 e. The number of imidazole rings is 1. The Morgan fingerprint density at radius 1 is 1.20 bits per heavy atom. The first kappa shape index (κ1) is 19.6. The molecule has 3 aliphatic rings. The summed E-state index contributed by atoms with van der Waals surface area (Å²) in [7, 11) is 1.72. The first-order valence-corrected chi connectivity index (χ1v) is 11.3. The van der Waals surface area contributed by atoms with Gasteiger partial charge in [0.2, 0.25) is 5.91 Å². The highest BCUT2D eigenvalue weighted by Gasteiger charge is 2.45. The largest absolute Gasteiger partial charge is 0.497 e. The molecule has 3 fully saturated rings. The predicted octanol–water partition coefficient (Wildman–Crippen LogP) is 3.34. The van der Waals surface area contributed by atoms with Crippen LogP contribution in [-0.2, 0) is 11.2 Å². The lowest BCUT2D eigenvalue weighted by atomic mass is 9.74. The summed E-state index contributed by atoms with van der Waals surface area (Å²) in [5.74, 6) is 2.31. The highest BCUT2D eigenvalue weighted by Crippen LogP contribution is 2.44. The minimum absolute atomic E-state index is 0.232. The van der Waals surface area contributed by atoms with Gasteiger partial charge in [0.1, 0.15) is 5.75 Å². The Morgan fingerprint density at radius 3 is 2.77 bits per heavy atom. The van der Waals surface area contributed by atoms with E-state index in [1.807, 2.05) is 6.92 Å². The van der Waals surface area contributed by atoms with Crippen LogP contribution in [-0.4, -0.2) is 58.5 Å². The molecule has 1 N–H and O–H groups in total. The van der Waals surface area contributed by atoms with E-state index in [1.54, 1.807) is 13.4 Å². The summed E-state index contributed by atoms with van der Waals surface area (Å²) >= 11 is 0. The number of amides is 1. The number of aromatic amines is 1. The third-order valence-electron chi connectivity index (χ3n) is 7.49. The molecule has 6 nitrogen and oxygen atoms in total. The molecule has 160 valence electrons. The van der Waals surface area contributed by atoms with Crippen molar-refractivity contribution in [2.75, 3.05) is 26.7 Å². The molecule has 3 aliphatic heterocycles. The van der Waals surface area contributed by atoms with Gasteiger partial charge in [0, 0.05) is 37.4 Å². The van der Waals surface area contributed by atoms with Crippen LogP contribution in [0.25, 0.3) is 0 Å². The molecule has 1 aromatic heterocycles. The average molecular weight is 409 g/mol. The van der Waals surface area contributed by atoms with Gasteiger partial charge in [0.25, 0.3) is 0 Å². The molecule has 4 heterocycles. The van der Waals surface area contributed by atoms with Crippen LogP contribution in [0.5, 0.6) is 5.75 Å². The number of rotatable bonds is 4. The first-order chi connectivity index (χ1) is 14.6. The number of H-pyrrole nitrogens is 1. The van der Waals surface area contributed by atoms with Gasteiger partial charge in [-0.1, -0.05) is 12.1 Å². The first-order valence-electron chi connectivity index (χ1n) is 11.3. The van der Waals surface area contributed by atoms with Gasteiger partial charge in [-0.3, -0.25) is 9.69 Å². The van der Waals surface area contributed by atoms with Crippen molar-refractivity contribution in [3.8, 4) is 5.75 Å². The summed E-state index contributed by atoms with van der Waals surface area (Å²) in [5.41, 5.74) is 3.29. The number of aryl methyl sites for hydroxylation is 1. The number of benzene rings is 1. The number of piperidine rings is 3. The van der Waals surface area contributed by atoms with Crippen molar-refractivity contribution in [3.63, 3.8) is 0 Å². The lowest BCUT2D eigenvalue weighted by Crippen LogP contribution is -2.60. The summed E-state index contributed by atoms with van der Waals surface area (Å²) in [6, 6.07) is 9.72. The predicted molar refractivity (Wildman–Crippen MR) is 115 cm³/mol. The van der Waals surface area contributed by atoms with E-state index in [4.69, 9.17) is 4.74 Å². The highest BCUT2D eigenvalue weighted by molar-refractivity contribution is 5.78. The number of ether oxygens (including phenoxy) is 1. The molecule has 5 rings (SSSR count). The maximum atomic E-state index is 13.0. The van der Waals surface area contributed by atoms with Crippen LogP contribution in [0.1, 0.15) is 48.7 Å². The van der Waals surface area contributed by atoms with Crippen LogP contribution in [0.3, 0.4) is 0 Å². The summed E-state index contributed by atoms with van der Waals surface area (Å²) in [6.45, 7) is 4.87. The van der Waals surface area contributed by atoms with E-state index < -0.39 is 0 Å². The third kappa shape index (κ3) is 3.62. The lowest BCUT2D eigenvalue weighted by Gasteiger charge is -2.55. The van der Waals surface area contributed by atoms with Gasteiger partial charge in [0.05, 0.1) is 25.6 Å². The molecule has 6 heteroatoms. The Hall–Kier alpha value is -2.34. The number of nitrogens with zero attached hydrogens (tertiary/aromatic N) is 3. The minimum atomic E-state index is 0.232. The lowest BCUT2D eigenvalue weighted by molar-refractivity contribution is -0.138. The monoisotopic (exact) mass is 408 g/mol. The Kier molecular flexibility index (Phi) is 5.27. The number of hydrogen-bond acceptors (Lipinski definition) is 4. The van der Waals surface area contributed by atoms with Gasteiger partial charge in [-0.2, -0.15) is 0 Å². The van der Waals surface area contributed by atoms with E-state index in [0.29, 0.717) is 30.3 Å². The second-order valence-corrected chi connectivity index (χ2v) is 9.30. The fourth-order valence-corrected chi connectivity index (χ4v) is 6.02. The summed E-state index contributed by atoms with van der Waals surface area (Å²) < 4.78 is 5.35. The molecular formula is C24H32N4O2. The zero-order valence-corrected chi connectivity index (χ0v) is 18.0. The van der Waals surface area contributed by atoms with E-state index in [0.717, 1.165) is 36.8 Å². The molecule has 0 aliphatic carbocycles. The normalized spacial score (nSPS) is 28.8. The van der Waals surface area contributed by atoms with E-state index in [9.17, 15) is 4.79 Å². The van der Waals surface area contributed by atoms with E-state index >= 15 is 0 Å². The van der Waals surface area contributed by atoms with Crippen LogP contribution in [0.2, 0.25) is 0 Å². The van der Waals surface area contributed by atoms with E-state index in [2.05, 4.69) is 44.0 Å². The molecule has 1 amide bonds. The summed E-state index contributed by atoms with van der Waals surface area (Å²) in [6.07, 6.45) is 7.11. The van der Waals surface area contributed by atoms with Crippen molar-refractivity contribution >= 4 is 5.91 Å². The fraction of sp³-hybridized carbons (Fsp3) is 0.583. The van der Waals surface area contributed by atoms with Gasteiger partial charge in [-0.25, -0.2) is 4.98 Å². The van der Waals surface area contributed by atoms with Crippen LogP contribution < -0.4 is 4.74 Å². The van der Waals surface area contributed by atoms with Crippen LogP contribution in [0.4, 0.5) is 0 Å². The number of carbonyl (C=O) groups is 1. The molecule has 2 aromatic rings. The van der Waals surface area contributed by atoms with Gasteiger partial charge in [0.15, 0.2) is 0 Å². The standard InChI is InChI=1S/C24H32N4O2/c1-16-21(26-15-25-16)11-24(29)27-12-17-10-19(14-27)23-5-3-4-22(28(23)13-17)18-6-8-20(30-2)9-7-18/h6-9,15,17,19,22-23H,3-5,10-14H2,1-2H3,(H,25,26)/t17-,19+,22+,23-/m0/s1. The number of likely N-dealkylation sites (tertiary alicyclic amines) is 1. The maximum Gasteiger partial charge on any atom is 0.228 e. The van der Waals surface area contributed by atoms with Crippen molar-refractivity contribution in [2.24, 2.45) is 11.8 Å². The number of fused-ring (bicyclic) bond motifs is 4. The quantitative estimate of drug-likeness (QED) is 0.843. The smallest absolute Gasteiger partial charge is 0.228 e. The molecule has 2 bridgehead atoms. The second-order valence-electron chi connectivity index (χ2n) is 9.30. The van der Waals surface area contributed by atoms with E-state index in [1.165, 1.54) is 31.2 Å². The molecule has 0 spiro atoms. The molecule has 4 atom stereocenters. The number of hydrogen-bond donors (Lipinski definition) is 1. The second kappa shape index (κ2) is 8.06. The van der Waals surface area contributed by atoms with Gasteiger partial charge < -0.3 is 14.6 Å². The van der Waals surface area contributed by atoms with Crippen molar-refractivity contribution in [1.29, 1.82) is 0 Å². The molecule has 30 heavy (non-hydrogen) atoms. The van der Waals surface area contributed by atoms with Gasteiger partial charge >= 0.3 is 0 Å². The molecule has 1 aromatic carbocycles. The topological polar surface area (TPSA) is 61.5 Å². The Balaban J connectivity index is 1.30. The van der Waals surface area contributed by atoms with Gasteiger partial charge in [-0.05, 0) is 62.1 Å². The summed E-state index contributed by atoms with van der Waals surface area (Å²) in [5, 5.41) is 0. The Morgan fingerprint density at radius 2 is 2.03 bits per heavy atom. The molecule has 0 radical (unpaired) electrons. The SMILES string of the molecule is COc1ccc([C@H]2CCC[C@H]3[C@@H]4C[C@@H](CN(C(=O)Cc5nc[nH]c5C)C4)CN23)cc1. The molecule has 3 saturated heterocycles. The van der Waals surface area contributed by atoms with Crippen LogP contribution in [0, 0.1) is 18.8 Å². The third-order valence-corrected chi connectivity index (χ3v) is 7.49. The van der Waals surface area contributed by atoms with Crippen molar-refractivity contribution in [1.82, 2.24) is 19.8 Å². The van der Waals surface area contributed by atoms with Crippen molar-refractivity contribution < 1.29 is 9.53 Å². The fourth-order valence-electron chi connectivity index (χ4n) is 6.02. The van der Waals surface area contributed by atoms with Crippen molar-refractivity contribution in [2.45, 2.75) is 51.1 Å². The summed E-state index contributed by atoms with van der Waals surface area (Å²) in [4.78, 5) is 25.3. The average Bonchev–Trinajstić information content (AvgIpc) is 3.17. The zero-order chi connectivity index (χ0) is 20.7. The highest BCUT2D eigenvalue weighted by atomic mass is 16.5. The number of aromatic nitrogens is 2. The molecule has 0 saturated carbocycles. The van der Waals surface area contributed by atoms with E-state index in [-0.39, 0.29) is 5.91 Å². The zero-order valence-electron chi connectivity index (χ0n) is 18.0. The Bertz CT molecular complexity index is 893. The number of methoxy groups -OCH3 is 1. The van der Waals surface area contributed by atoms with Crippen molar-refractivity contribution in [3.05, 3.63) is 47.5 Å². The van der Waals surface area contributed by atoms with Gasteiger partial charge in [-0.15, -0.1) is 0 Å².